The number of nitrogens with one attached hydrogen (secondary N) is 1. The second-order valence-corrected chi connectivity index (χ2v) is 6.83. The summed E-state index contributed by atoms with van der Waals surface area (Å²) < 4.78 is 20.0. The molecule has 0 spiro atoms. The number of benzene rings is 3. The van der Waals surface area contributed by atoms with Crippen molar-refractivity contribution in [2.24, 2.45) is 0 Å². The molecule has 0 fully saturated rings. The zero-order chi connectivity index (χ0) is 21.8. The molecule has 0 aliphatic carbocycles. The van der Waals surface area contributed by atoms with Crippen LogP contribution in [0.4, 0.5) is 21.8 Å². The van der Waals surface area contributed by atoms with Gasteiger partial charge in [-0.1, -0.05) is 24.3 Å². The SMILES string of the molecule is Cc1cc(-c2ccccc2F)ccc1Oc1cc(N)nc(Nc2ccc(C#N)cc2)n1. The predicted octanol–water partition coefficient (Wildman–Crippen LogP) is 5.58. The van der Waals surface area contributed by atoms with Crippen molar-refractivity contribution in [1.29, 1.82) is 5.26 Å². The van der Waals surface area contributed by atoms with Gasteiger partial charge in [0.15, 0.2) is 0 Å². The molecule has 0 unspecified atom stereocenters. The Morgan fingerprint density at radius 2 is 1.77 bits per heavy atom. The van der Waals surface area contributed by atoms with E-state index in [0.717, 1.165) is 11.1 Å². The first kappa shape index (κ1) is 19.9. The van der Waals surface area contributed by atoms with Gasteiger partial charge in [0.05, 0.1) is 11.6 Å². The molecule has 0 atom stereocenters. The molecule has 1 heterocycles. The minimum Gasteiger partial charge on any atom is -0.439 e. The normalized spacial score (nSPS) is 10.4. The van der Waals surface area contributed by atoms with Crippen LogP contribution in [0.15, 0.2) is 72.8 Å². The van der Waals surface area contributed by atoms with Crippen LogP contribution >= 0.6 is 0 Å². The molecule has 0 aliphatic rings. The number of rotatable bonds is 5. The summed E-state index contributed by atoms with van der Waals surface area (Å²) in [5.74, 6) is 1.06. The van der Waals surface area contributed by atoms with Gasteiger partial charge in [0.2, 0.25) is 11.8 Å². The molecule has 4 rings (SSSR count). The molecule has 152 valence electrons. The van der Waals surface area contributed by atoms with Crippen LogP contribution in [0.3, 0.4) is 0 Å². The summed E-state index contributed by atoms with van der Waals surface area (Å²) in [5, 5.41) is 11.9. The van der Waals surface area contributed by atoms with E-state index < -0.39 is 0 Å². The lowest BCUT2D eigenvalue weighted by molar-refractivity contribution is 0.459. The fourth-order valence-electron chi connectivity index (χ4n) is 3.05. The van der Waals surface area contributed by atoms with Gasteiger partial charge in [0.25, 0.3) is 0 Å². The molecule has 3 N–H and O–H groups in total. The topological polar surface area (TPSA) is 96.9 Å². The largest absolute Gasteiger partial charge is 0.439 e. The summed E-state index contributed by atoms with van der Waals surface area (Å²) >= 11 is 0. The van der Waals surface area contributed by atoms with Crippen LogP contribution < -0.4 is 15.8 Å². The Kier molecular flexibility index (Phi) is 5.45. The number of anilines is 3. The molecule has 0 aliphatic heterocycles. The molecule has 0 saturated heterocycles. The third-order valence-corrected chi connectivity index (χ3v) is 4.57. The molecule has 0 amide bonds. The number of aryl methyl sites for hydroxylation is 1. The van der Waals surface area contributed by atoms with Crippen molar-refractivity contribution in [3.63, 3.8) is 0 Å². The third-order valence-electron chi connectivity index (χ3n) is 4.57. The average Bonchev–Trinajstić information content (AvgIpc) is 2.76. The van der Waals surface area contributed by atoms with Gasteiger partial charge < -0.3 is 15.8 Å². The van der Waals surface area contributed by atoms with Gasteiger partial charge in [0, 0.05) is 17.3 Å². The lowest BCUT2D eigenvalue weighted by Crippen LogP contribution is -2.02. The first-order chi connectivity index (χ1) is 15.0. The molecule has 6 nitrogen and oxygen atoms in total. The van der Waals surface area contributed by atoms with Crippen LogP contribution in [0, 0.1) is 24.1 Å². The molecular formula is C24H18FN5O. The van der Waals surface area contributed by atoms with E-state index in [2.05, 4.69) is 21.4 Å². The lowest BCUT2D eigenvalue weighted by atomic mass is 10.0. The number of hydrogen-bond donors (Lipinski definition) is 2. The highest BCUT2D eigenvalue weighted by atomic mass is 19.1. The van der Waals surface area contributed by atoms with Gasteiger partial charge in [-0.05, 0) is 60.5 Å². The van der Waals surface area contributed by atoms with E-state index in [9.17, 15) is 4.39 Å². The summed E-state index contributed by atoms with van der Waals surface area (Å²) in [6.45, 7) is 1.88. The van der Waals surface area contributed by atoms with Crippen LogP contribution in [-0.2, 0) is 0 Å². The first-order valence-corrected chi connectivity index (χ1v) is 9.47. The van der Waals surface area contributed by atoms with Crippen LogP contribution in [0.5, 0.6) is 11.6 Å². The van der Waals surface area contributed by atoms with Crippen molar-refractivity contribution in [2.45, 2.75) is 6.92 Å². The summed E-state index contributed by atoms with van der Waals surface area (Å²) in [5.41, 5.74) is 9.28. The van der Waals surface area contributed by atoms with Crippen molar-refractivity contribution in [3.05, 3.63) is 89.7 Å². The van der Waals surface area contributed by atoms with E-state index in [-0.39, 0.29) is 23.5 Å². The highest BCUT2D eigenvalue weighted by Crippen LogP contribution is 2.31. The third kappa shape index (κ3) is 4.60. The Morgan fingerprint density at radius 1 is 1.00 bits per heavy atom. The highest BCUT2D eigenvalue weighted by Gasteiger charge is 2.10. The Hall–Kier alpha value is -4.44. The van der Waals surface area contributed by atoms with Gasteiger partial charge in [0.1, 0.15) is 17.4 Å². The molecule has 0 bridgehead atoms. The molecular weight excluding hydrogens is 393 g/mol. The number of aromatic nitrogens is 2. The maximum Gasteiger partial charge on any atom is 0.232 e. The Labute approximate surface area is 178 Å². The number of nitrogens with zero attached hydrogens (tertiary/aromatic N) is 3. The highest BCUT2D eigenvalue weighted by molar-refractivity contribution is 5.66. The minimum absolute atomic E-state index is 0.238. The quantitative estimate of drug-likeness (QED) is 0.445. The van der Waals surface area contributed by atoms with Gasteiger partial charge in [-0.25, -0.2) is 4.39 Å². The monoisotopic (exact) mass is 411 g/mol. The van der Waals surface area contributed by atoms with Crippen molar-refractivity contribution in [1.82, 2.24) is 9.97 Å². The Bertz CT molecular complexity index is 1280. The van der Waals surface area contributed by atoms with E-state index in [1.54, 1.807) is 54.6 Å². The minimum atomic E-state index is -0.280. The first-order valence-electron chi connectivity index (χ1n) is 9.47. The Balaban J connectivity index is 1.56. The maximum atomic E-state index is 14.1. The summed E-state index contributed by atoms with van der Waals surface area (Å²) in [6, 6.07) is 22.5. The number of hydrogen-bond acceptors (Lipinski definition) is 6. The Morgan fingerprint density at radius 3 is 2.48 bits per heavy atom. The molecule has 31 heavy (non-hydrogen) atoms. The van der Waals surface area contributed by atoms with Crippen molar-refractivity contribution >= 4 is 17.5 Å². The van der Waals surface area contributed by atoms with Gasteiger partial charge in [-0.2, -0.15) is 15.2 Å². The molecule has 7 heteroatoms. The van der Waals surface area contributed by atoms with Crippen molar-refractivity contribution in [3.8, 4) is 28.8 Å². The van der Waals surface area contributed by atoms with E-state index in [1.165, 1.54) is 12.1 Å². The fourth-order valence-corrected chi connectivity index (χ4v) is 3.05. The van der Waals surface area contributed by atoms with Gasteiger partial charge in [-0.3, -0.25) is 0 Å². The zero-order valence-electron chi connectivity index (χ0n) is 16.6. The second-order valence-electron chi connectivity index (χ2n) is 6.83. The molecule has 0 radical (unpaired) electrons. The molecule has 4 aromatic rings. The summed E-state index contributed by atoms with van der Waals surface area (Å²) in [4.78, 5) is 8.52. The van der Waals surface area contributed by atoms with E-state index in [4.69, 9.17) is 15.7 Å². The lowest BCUT2D eigenvalue weighted by Gasteiger charge is -2.12. The number of nitriles is 1. The fraction of sp³-hybridized carbons (Fsp3) is 0.0417. The average molecular weight is 411 g/mol. The zero-order valence-corrected chi connectivity index (χ0v) is 16.6. The number of nitrogen functional groups attached to an aromatic ring is 1. The van der Waals surface area contributed by atoms with Crippen molar-refractivity contribution in [2.75, 3.05) is 11.1 Å². The molecule has 3 aromatic carbocycles. The molecule has 0 saturated carbocycles. The maximum absolute atomic E-state index is 14.1. The smallest absolute Gasteiger partial charge is 0.232 e. The second kappa shape index (κ2) is 8.51. The van der Waals surface area contributed by atoms with Crippen LogP contribution in [0.25, 0.3) is 11.1 Å². The van der Waals surface area contributed by atoms with E-state index >= 15 is 0 Å². The van der Waals surface area contributed by atoms with Crippen LogP contribution in [0.2, 0.25) is 0 Å². The predicted molar refractivity (Wildman–Crippen MR) is 118 cm³/mol. The molecule has 1 aromatic heterocycles. The van der Waals surface area contributed by atoms with E-state index in [0.29, 0.717) is 22.6 Å². The summed E-state index contributed by atoms with van der Waals surface area (Å²) in [7, 11) is 0. The summed E-state index contributed by atoms with van der Waals surface area (Å²) in [6.07, 6.45) is 0. The number of halogens is 1. The van der Waals surface area contributed by atoms with Crippen molar-refractivity contribution < 1.29 is 9.13 Å². The number of nitrogens with two attached hydrogens (primary N) is 1. The van der Waals surface area contributed by atoms with Crippen LogP contribution in [-0.4, -0.2) is 9.97 Å². The van der Waals surface area contributed by atoms with E-state index in [1.807, 2.05) is 13.0 Å². The van der Waals surface area contributed by atoms with Gasteiger partial charge in [-0.15, -0.1) is 0 Å². The standard InChI is InChI=1S/C24H18FN5O/c1-15-12-17(19-4-2-3-5-20(19)25)8-11-21(15)31-23-13-22(27)29-24(30-23)28-18-9-6-16(14-26)7-10-18/h2-13H,1H3,(H3,27,28,29,30). The number of ether oxygens (including phenoxy) is 1. The van der Waals surface area contributed by atoms with Crippen LogP contribution in [0.1, 0.15) is 11.1 Å². The van der Waals surface area contributed by atoms with Gasteiger partial charge >= 0.3 is 0 Å².